The Morgan fingerprint density at radius 2 is 1.40 bits per heavy atom. The predicted octanol–water partition coefficient (Wildman–Crippen LogP) is 1.28. The van der Waals surface area contributed by atoms with E-state index in [1.165, 1.54) is 12.1 Å². The van der Waals surface area contributed by atoms with Gasteiger partial charge in [0.15, 0.2) is 5.69 Å². The molecule has 0 radical (unpaired) electrons. The van der Waals surface area contributed by atoms with Crippen molar-refractivity contribution in [3.63, 3.8) is 0 Å². The number of aliphatic hydroxyl groups excluding tert-OH is 2. The largest absolute Gasteiger partial charge is 0.395 e. The molecule has 0 saturated carbocycles. The lowest BCUT2D eigenvalue weighted by atomic mass is 10.2. The number of hydrogen-bond donors (Lipinski definition) is 4. The minimum absolute atomic E-state index is 0.154. The van der Waals surface area contributed by atoms with E-state index < -0.39 is 41.9 Å². The maximum Gasteiger partial charge on any atom is 0.301 e. The van der Waals surface area contributed by atoms with Crippen LogP contribution in [0.5, 0.6) is 0 Å². The predicted molar refractivity (Wildman–Crippen MR) is 106 cm³/mol. The van der Waals surface area contributed by atoms with E-state index in [1.807, 2.05) is 0 Å². The lowest BCUT2D eigenvalue weighted by Crippen LogP contribution is -2.29. The molecular formula is C16H18N4O9S. The van der Waals surface area contributed by atoms with Crippen molar-refractivity contribution in [3.05, 3.63) is 56.6 Å². The smallest absolute Gasteiger partial charge is 0.301 e. The summed E-state index contributed by atoms with van der Waals surface area (Å²) in [6.45, 7) is 0.194. The zero-order valence-electron chi connectivity index (χ0n) is 15.3. The molecule has 0 heterocycles. The lowest BCUT2D eigenvalue weighted by Gasteiger charge is -2.23. The molecule has 2 aromatic carbocycles. The van der Waals surface area contributed by atoms with Crippen LogP contribution in [0.2, 0.25) is 0 Å². The van der Waals surface area contributed by atoms with Crippen molar-refractivity contribution in [1.82, 2.24) is 0 Å². The van der Waals surface area contributed by atoms with Gasteiger partial charge in [0.2, 0.25) is 0 Å². The van der Waals surface area contributed by atoms with Gasteiger partial charge in [0.25, 0.3) is 10.1 Å². The van der Waals surface area contributed by atoms with E-state index in [0.29, 0.717) is 17.8 Å². The Morgan fingerprint density at radius 3 is 1.77 bits per heavy atom. The number of nitro groups is 2. The Balaban J connectivity index is 2.49. The highest BCUT2D eigenvalue weighted by molar-refractivity contribution is 7.85. The van der Waals surface area contributed by atoms with Crippen LogP contribution in [0.25, 0.3) is 0 Å². The van der Waals surface area contributed by atoms with Gasteiger partial charge in [-0.2, -0.15) is 8.42 Å². The summed E-state index contributed by atoms with van der Waals surface area (Å²) < 4.78 is 31.7. The summed E-state index contributed by atoms with van der Waals surface area (Å²) in [4.78, 5) is 21.4. The van der Waals surface area contributed by atoms with Crippen molar-refractivity contribution in [1.29, 1.82) is 0 Å². The zero-order chi connectivity index (χ0) is 22.5. The number of hydrogen-bond acceptors (Lipinski definition) is 10. The van der Waals surface area contributed by atoms with Gasteiger partial charge in [-0.1, -0.05) is 0 Å². The average Bonchev–Trinajstić information content (AvgIpc) is 2.67. The van der Waals surface area contributed by atoms with Crippen LogP contribution in [0.15, 0.2) is 41.3 Å². The molecule has 0 fully saturated rings. The van der Waals surface area contributed by atoms with Crippen molar-refractivity contribution in [2.24, 2.45) is 0 Å². The van der Waals surface area contributed by atoms with Crippen LogP contribution in [0.1, 0.15) is 0 Å². The van der Waals surface area contributed by atoms with Crippen molar-refractivity contribution in [2.45, 2.75) is 4.90 Å². The molecule has 0 aromatic heterocycles. The summed E-state index contributed by atoms with van der Waals surface area (Å²) in [5.41, 5.74) is -1.55. The number of nitrogens with zero attached hydrogens (tertiary/aromatic N) is 3. The molecule has 0 atom stereocenters. The first kappa shape index (κ1) is 23.0. The standard InChI is InChI=1S/C16H18N4O9S/c21-7-5-18(6-8-22)12-3-1-11(2-4-12)17-16-14(19(23)24)9-13(30(27,28)29)10-15(16)20(25)26/h1-4,9-10,17,21-22H,5-8H2,(H,27,28,29). The maximum absolute atomic E-state index is 11.4. The Morgan fingerprint density at radius 1 is 0.933 bits per heavy atom. The van der Waals surface area contributed by atoms with Gasteiger partial charge in [0.05, 0.1) is 23.1 Å². The lowest BCUT2D eigenvalue weighted by molar-refractivity contribution is -0.392. The highest BCUT2D eigenvalue weighted by Crippen LogP contribution is 2.39. The molecule has 14 heteroatoms. The fraction of sp³-hybridized carbons (Fsp3) is 0.250. The zero-order valence-corrected chi connectivity index (χ0v) is 16.2. The Hall–Kier alpha value is -3.33. The summed E-state index contributed by atoms with van der Waals surface area (Å²) in [5, 5.41) is 43.5. The van der Waals surface area contributed by atoms with Crippen LogP contribution < -0.4 is 10.2 Å². The van der Waals surface area contributed by atoms with Crippen LogP contribution in [0.4, 0.5) is 28.4 Å². The number of nitrogens with one attached hydrogen (secondary N) is 1. The Labute approximate surface area is 170 Å². The molecular weight excluding hydrogens is 424 g/mol. The molecule has 0 amide bonds. The molecule has 0 bridgehead atoms. The molecule has 13 nitrogen and oxygen atoms in total. The Kier molecular flexibility index (Phi) is 7.23. The topological polar surface area (TPSA) is 196 Å². The van der Waals surface area contributed by atoms with Crippen LogP contribution in [-0.4, -0.2) is 59.3 Å². The summed E-state index contributed by atoms with van der Waals surface area (Å²) in [5.74, 6) is 0. The second kappa shape index (κ2) is 9.45. The average molecular weight is 442 g/mol. The number of anilines is 3. The molecule has 0 aliphatic heterocycles. The quantitative estimate of drug-likeness (QED) is 0.235. The third-order valence-corrected chi connectivity index (χ3v) is 4.83. The van der Waals surface area contributed by atoms with E-state index >= 15 is 0 Å². The molecule has 4 N–H and O–H groups in total. The Bertz CT molecular complexity index is 1000. The maximum atomic E-state index is 11.4. The highest BCUT2D eigenvalue weighted by Gasteiger charge is 2.30. The fourth-order valence-corrected chi connectivity index (χ4v) is 3.18. The minimum Gasteiger partial charge on any atom is -0.395 e. The van der Waals surface area contributed by atoms with Gasteiger partial charge in [0, 0.05) is 36.6 Å². The van der Waals surface area contributed by atoms with Crippen molar-refractivity contribution >= 4 is 38.6 Å². The second-order valence-corrected chi connectivity index (χ2v) is 7.35. The molecule has 30 heavy (non-hydrogen) atoms. The van der Waals surface area contributed by atoms with Gasteiger partial charge >= 0.3 is 11.4 Å². The third-order valence-electron chi connectivity index (χ3n) is 4.00. The van der Waals surface area contributed by atoms with E-state index in [-0.39, 0.29) is 32.0 Å². The van der Waals surface area contributed by atoms with Gasteiger partial charge in [-0.25, -0.2) is 0 Å². The third kappa shape index (κ3) is 5.38. The molecule has 0 aliphatic rings. The van der Waals surface area contributed by atoms with E-state index in [9.17, 15) is 28.6 Å². The second-order valence-electron chi connectivity index (χ2n) is 5.93. The number of aliphatic hydroxyl groups is 2. The molecule has 0 unspecified atom stereocenters. The SMILES string of the molecule is O=[N+]([O-])c1cc(S(=O)(=O)O)cc([N+](=O)[O-])c1Nc1ccc(N(CCO)CCO)cc1. The first-order valence-corrected chi connectivity index (χ1v) is 9.80. The summed E-state index contributed by atoms with van der Waals surface area (Å²) in [6, 6.07) is 7.09. The summed E-state index contributed by atoms with van der Waals surface area (Å²) in [7, 11) is -4.91. The van der Waals surface area contributed by atoms with Gasteiger partial charge in [-0.15, -0.1) is 0 Å². The van der Waals surface area contributed by atoms with Gasteiger partial charge in [-0.3, -0.25) is 24.8 Å². The minimum atomic E-state index is -4.91. The van der Waals surface area contributed by atoms with Crippen LogP contribution >= 0.6 is 0 Å². The molecule has 0 aliphatic carbocycles. The summed E-state index contributed by atoms with van der Waals surface area (Å²) in [6.07, 6.45) is 0. The fourth-order valence-electron chi connectivity index (χ4n) is 2.66. The van der Waals surface area contributed by atoms with Crippen LogP contribution in [0.3, 0.4) is 0 Å². The first-order valence-electron chi connectivity index (χ1n) is 8.36. The van der Waals surface area contributed by atoms with E-state index in [2.05, 4.69) is 5.32 Å². The molecule has 2 rings (SSSR count). The molecule has 0 spiro atoms. The molecule has 2 aromatic rings. The number of benzene rings is 2. The summed E-state index contributed by atoms with van der Waals surface area (Å²) >= 11 is 0. The van der Waals surface area contributed by atoms with Crippen LogP contribution in [0, 0.1) is 20.2 Å². The van der Waals surface area contributed by atoms with Crippen LogP contribution in [-0.2, 0) is 10.1 Å². The first-order chi connectivity index (χ1) is 14.1. The van der Waals surface area contributed by atoms with E-state index in [4.69, 9.17) is 14.8 Å². The highest BCUT2D eigenvalue weighted by atomic mass is 32.2. The number of nitro benzene ring substituents is 2. The van der Waals surface area contributed by atoms with Crippen molar-refractivity contribution in [3.8, 4) is 0 Å². The monoisotopic (exact) mass is 442 g/mol. The van der Waals surface area contributed by atoms with E-state index in [0.717, 1.165) is 0 Å². The number of rotatable bonds is 10. The van der Waals surface area contributed by atoms with Gasteiger partial charge < -0.3 is 20.4 Å². The normalized spacial score (nSPS) is 11.2. The van der Waals surface area contributed by atoms with Crippen molar-refractivity contribution in [2.75, 3.05) is 36.5 Å². The van der Waals surface area contributed by atoms with Gasteiger partial charge in [-0.05, 0) is 24.3 Å². The molecule has 162 valence electrons. The van der Waals surface area contributed by atoms with Gasteiger partial charge in [0.1, 0.15) is 4.90 Å². The van der Waals surface area contributed by atoms with E-state index in [1.54, 1.807) is 17.0 Å². The molecule has 0 saturated heterocycles. The van der Waals surface area contributed by atoms with Crippen molar-refractivity contribution < 1.29 is 33.0 Å².